The largest absolute Gasteiger partial charge is 0.463 e. The van der Waals surface area contributed by atoms with Crippen molar-refractivity contribution in [2.75, 3.05) is 6.61 Å². The lowest BCUT2D eigenvalue weighted by Gasteiger charge is -2.42. The Kier molecular flexibility index (Phi) is 6.36. The molecule has 0 aromatic heterocycles. The summed E-state index contributed by atoms with van der Waals surface area (Å²) in [6, 6.07) is 15.2. The smallest absolute Gasteiger partial charge is 0.330 e. The molecule has 2 nitrogen and oxygen atoms in total. The number of carbonyl (C=O) groups is 1. The van der Waals surface area contributed by atoms with E-state index in [-0.39, 0.29) is 16.8 Å². The number of hydrogen-bond acceptors (Lipinski definition) is 2. The highest BCUT2D eigenvalue weighted by molar-refractivity contribution is 5.87. The number of carbonyl (C=O) groups excluding carboxylic acids is 1. The zero-order valence-electron chi connectivity index (χ0n) is 19.2. The van der Waals surface area contributed by atoms with Crippen LogP contribution in [-0.2, 0) is 20.4 Å². The number of rotatable bonds is 5. The third kappa shape index (κ3) is 4.92. The Morgan fingerprint density at radius 1 is 0.933 bits per heavy atom. The number of allylic oxidation sites excluding steroid dienone is 1. The molecule has 0 spiro atoms. The lowest BCUT2D eigenvalue weighted by atomic mass is 9.63. The van der Waals surface area contributed by atoms with Crippen molar-refractivity contribution in [2.24, 2.45) is 0 Å². The van der Waals surface area contributed by atoms with Gasteiger partial charge in [0.25, 0.3) is 0 Å². The highest BCUT2D eigenvalue weighted by Crippen LogP contribution is 2.46. The standard InChI is InChI=1S/C28H34O2/c1-7-30-26(29)15-12-21-8-10-22(11-9-21)18-20(2)23-13-14-24-25(19-23)28(5,6)17-16-27(24,3)4/h8-15,18-19H,7,16-17H2,1-6H3/b15-12+,20-18+. The van der Waals surface area contributed by atoms with Crippen LogP contribution < -0.4 is 0 Å². The highest BCUT2D eigenvalue weighted by Gasteiger charge is 2.36. The minimum atomic E-state index is -0.309. The van der Waals surface area contributed by atoms with Crippen molar-refractivity contribution in [2.45, 2.75) is 65.2 Å². The van der Waals surface area contributed by atoms with Gasteiger partial charge in [-0.05, 0) is 77.0 Å². The molecule has 2 heteroatoms. The van der Waals surface area contributed by atoms with E-state index < -0.39 is 0 Å². The topological polar surface area (TPSA) is 26.3 Å². The first kappa shape index (κ1) is 22.1. The molecule has 0 atom stereocenters. The number of hydrogen-bond donors (Lipinski definition) is 0. The summed E-state index contributed by atoms with van der Waals surface area (Å²) in [4.78, 5) is 11.5. The van der Waals surface area contributed by atoms with Crippen LogP contribution in [0.2, 0.25) is 0 Å². The van der Waals surface area contributed by atoms with E-state index in [2.05, 4.69) is 71.0 Å². The van der Waals surface area contributed by atoms with Gasteiger partial charge in [0.2, 0.25) is 0 Å². The van der Waals surface area contributed by atoms with Gasteiger partial charge in [-0.3, -0.25) is 0 Å². The summed E-state index contributed by atoms with van der Waals surface area (Å²) >= 11 is 0. The van der Waals surface area contributed by atoms with Gasteiger partial charge in [-0.2, -0.15) is 0 Å². The molecule has 0 unspecified atom stereocenters. The molecule has 0 saturated carbocycles. The number of esters is 1. The first-order valence-electron chi connectivity index (χ1n) is 10.9. The summed E-state index contributed by atoms with van der Waals surface area (Å²) in [5.41, 5.74) is 8.12. The van der Waals surface area contributed by atoms with Crippen molar-refractivity contribution in [3.8, 4) is 0 Å². The second-order valence-electron chi connectivity index (χ2n) is 9.61. The number of fused-ring (bicyclic) bond motifs is 1. The summed E-state index contributed by atoms with van der Waals surface area (Å²) in [5.74, 6) is -0.309. The van der Waals surface area contributed by atoms with Gasteiger partial charge in [0.05, 0.1) is 6.61 Å². The van der Waals surface area contributed by atoms with Crippen LogP contribution in [-0.4, -0.2) is 12.6 Å². The first-order chi connectivity index (χ1) is 14.1. The Hall–Kier alpha value is -2.61. The van der Waals surface area contributed by atoms with Crippen molar-refractivity contribution in [3.63, 3.8) is 0 Å². The average molecular weight is 403 g/mol. The van der Waals surface area contributed by atoms with Crippen molar-refractivity contribution < 1.29 is 9.53 Å². The van der Waals surface area contributed by atoms with E-state index in [1.807, 2.05) is 12.1 Å². The predicted molar refractivity (Wildman–Crippen MR) is 127 cm³/mol. The van der Waals surface area contributed by atoms with Crippen molar-refractivity contribution >= 4 is 23.7 Å². The van der Waals surface area contributed by atoms with Gasteiger partial charge in [-0.25, -0.2) is 4.79 Å². The van der Waals surface area contributed by atoms with Crippen LogP contribution in [0.4, 0.5) is 0 Å². The lowest BCUT2D eigenvalue weighted by Crippen LogP contribution is -2.33. The Labute approximate surface area is 181 Å². The zero-order chi connectivity index (χ0) is 21.9. The molecule has 2 aromatic rings. The van der Waals surface area contributed by atoms with Crippen molar-refractivity contribution in [1.82, 2.24) is 0 Å². The van der Waals surface area contributed by atoms with E-state index in [0.29, 0.717) is 6.61 Å². The summed E-state index contributed by atoms with van der Waals surface area (Å²) < 4.78 is 4.92. The molecule has 1 aliphatic carbocycles. The minimum absolute atomic E-state index is 0.216. The molecular formula is C28H34O2. The molecule has 0 N–H and O–H groups in total. The van der Waals surface area contributed by atoms with Gasteiger partial charge in [-0.15, -0.1) is 0 Å². The highest BCUT2D eigenvalue weighted by atomic mass is 16.5. The zero-order valence-corrected chi connectivity index (χ0v) is 19.2. The van der Waals surface area contributed by atoms with E-state index in [1.165, 1.54) is 41.2 Å². The minimum Gasteiger partial charge on any atom is -0.463 e. The summed E-state index contributed by atoms with van der Waals surface area (Å²) in [6.45, 7) is 13.8. The van der Waals surface area contributed by atoms with Gasteiger partial charge in [0, 0.05) is 6.08 Å². The van der Waals surface area contributed by atoms with Crippen LogP contribution in [0.25, 0.3) is 17.7 Å². The van der Waals surface area contributed by atoms with E-state index in [9.17, 15) is 4.79 Å². The van der Waals surface area contributed by atoms with E-state index in [0.717, 1.165) is 11.1 Å². The maximum Gasteiger partial charge on any atom is 0.330 e. The van der Waals surface area contributed by atoms with Crippen molar-refractivity contribution in [3.05, 3.63) is 76.4 Å². The maximum atomic E-state index is 11.5. The monoisotopic (exact) mass is 402 g/mol. The molecule has 2 aromatic carbocycles. The molecule has 0 bridgehead atoms. The Balaban J connectivity index is 1.83. The average Bonchev–Trinajstić information content (AvgIpc) is 2.71. The molecule has 30 heavy (non-hydrogen) atoms. The molecule has 0 aliphatic heterocycles. The number of ether oxygens (including phenoxy) is 1. The summed E-state index contributed by atoms with van der Waals surface area (Å²) in [5, 5.41) is 0. The molecule has 3 rings (SSSR count). The summed E-state index contributed by atoms with van der Waals surface area (Å²) in [7, 11) is 0. The Morgan fingerprint density at radius 3 is 2.17 bits per heavy atom. The third-order valence-corrected chi connectivity index (χ3v) is 6.33. The lowest BCUT2D eigenvalue weighted by molar-refractivity contribution is -0.137. The van der Waals surface area contributed by atoms with E-state index in [4.69, 9.17) is 4.74 Å². The van der Waals surface area contributed by atoms with Gasteiger partial charge >= 0.3 is 5.97 Å². The van der Waals surface area contributed by atoms with Gasteiger partial charge < -0.3 is 4.74 Å². The van der Waals surface area contributed by atoms with Crippen LogP contribution in [0, 0.1) is 0 Å². The van der Waals surface area contributed by atoms with Crippen LogP contribution in [0.3, 0.4) is 0 Å². The quantitative estimate of drug-likeness (QED) is 0.301. The second-order valence-corrected chi connectivity index (χ2v) is 9.61. The van der Waals surface area contributed by atoms with Gasteiger partial charge in [0.1, 0.15) is 0 Å². The van der Waals surface area contributed by atoms with Crippen LogP contribution in [0.5, 0.6) is 0 Å². The fourth-order valence-corrected chi connectivity index (χ4v) is 4.23. The fraction of sp³-hybridized carbons (Fsp3) is 0.393. The SMILES string of the molecule is CCOC(=O)/C=C/c1ccc(/C=C(\C)c2ccc3c(c2)C(C)(C)CCC3(C)C)cc1. The molecule has 0 radical (unpaired) electrons. The molecule has 0 saturated heterocycles. The van der Waals surface area contributed by atoms with Gasteiger partial charge in [0.15, 0.2) is 0 Å². The first-order valence-corrected chi connectivity index (χ1v) is 10.9. The fourth-order valence-electron chi connectivity index (χ4n) is 4.23. The van der Waals surface area contributed by atoms with Crippen molar-refractivity contribution in [1.29, 1.82) is 0 Å². The number of benzene rings is 2. The molecule has 158 valence electrons. The molecule has 0 fully saturated rings. The third-order valence-electron chi connectivity index (χ3n) is 6.33. The van der Waals surface area contributed by atoms with E-state index in [1.54, 1.807) is 13.0 Å². The van der Waals surface area contributed by atoms with E-state index >= 15 is 0 Å². The molecule has 1 aliphatic rings. The Morgan fingerprint density at radius 2 is 1.53 bits per heavy atom. The van der Waals surface area contributed by atoms with Crippen LogP contribution in [0.15, 0.2) is 48.5 Å². The van der Waals surface area contributed by atoms with Crippen LogP contribution in [0.1, 0.15) is 82.2 Å². The van der Waals surface area contributed by atoms with Crippen LogP contribution >= 0.6 is 0 Å². The summed E-state index contributed by atoms with van der Waals surface area (Å²) in [6.07, 6.45) is 7.93. The normalized spacial score (nSPS) is 17.6. The maximum absolute atomic E-state index is 11.5. The molecule has 0 heterocycles. The molecular weight excluding hydrogens is 368 g/mol. The predicted octanol–water partition coefficient (Wildman–Crippen LogP) is 7.17. The molecule has 0 amide bonds. The Bertz CT molecular complexity index is 972. The van der Waals surface area contributed by atoms with Gasteiger partial charge in [-0.1, -0.05) is 76.2 Å². The second kappa shape index (κ2) is 8.63.